The highest BCUT2D eigenvalue weighted by Gasteiger charge is 2.18. The van der Waals surface area contributed by atoms with Crippen molar-refractivity contribution < 1.29 is 4.74 Å². The van der Waals surface area contributed by atoms with E-state index in [2.05, 4.69) is 9.97 Å². The molecule has 0 bridgehead atoms. The highest BCUT2D eigenvalue weighted by Crippen LogP contribution is 2.17. The van der Waals surface area contributed by atoms with Gasteiger partial charge in [0.2, 0.25) is 5.95 Å². The molecule has 1 unspecified atom stereocenters. The highest BCUT2D eigenvalue weighted by atomic mass is 16.5. The molecule has 0 spiro atoms. The molecule has 6 heteroatoms. The van der Waals surface area contributed by atoms with Crippen molar-refractivity contribution in [3.8, 4) is 0 Å². The molecule has 1 fully saturated rings. The number of nitrogen functional groups attached to an aromatic ring is 1. The van der Waals surface area contributed by atoms with E-state index in [1.54, 1.807) is 18.2 Å². The van der Waals surface area contributed by atoms with Crippen molar-refractivity contribution in [2.45, 2.75) is 18.9 Å². The smallest absolute Gasteiger partial charge is 0.260 e. The van der Waals surface area contributed by atoms with Crippen molar-refractivity contribution >= 4 is 22.5 Å². The number of likely N-dealkylation sites (N-methyl/N-ethyl adjacent to an activating group) is 1. The molecule has 1 aliphatic heterocycles. The molecule has 3 rings (SSSR count). The van der Waals surface area contributed by atoms with Gasteiger partial charge in [0.05, 0.1) is 17.0 Å². The second-order valence-corrected chi connectivity index (χ2v) is 5.18. The van der Waals surface area contributed by atoms with Gasteiger partial charge in [0.1, 0.15) is 0 Å². The summed E-state index contributed by atoms with van der Waals surface area (Å²) < 4.78 is 5.60. The van der Waals surface area contributed by atoms with Crippen molar-refractivity contribution in [1.82, 2.24) is 9.97 Å². The first-order valence-electron chi connectivity index (χ1n) is 6.76. The number of benzene rings is 1. The molecule has 0 saturated carbocycles. The van der Waals surface area contributed by atoms with Gasteiger partial charge in [-0.3, -0.25) is 9.78 Å². The summed E-state index contributed by atoms with van der Waals surface area (Å²) in [5, 5.41) is 0.513. The maximum absolute atomic E-state index is 12.1. The van der Waals surface area contributed by atoms with Crippen LogP contribution in [0.3, 0.4) is 0 Å². The fraction of sp³-hybridized carbons (Fsp3) is 0.429. The summed E-state index contributed by atoms with van der Waals surface area (Å²) in [7, 11) is 1.91. The summed E-state index contributed by atoms with van der Waals surface area (Å²) >= 11 is 0. The number of aromatic nitrogens is 2. The second-order valence-electron chi connectivity index (χ2n) is 5.18. The van der Waals surface area contributed by atoms with Gasteiger partial charge < -0.3 is 15.4 Å². The number of hydrogen-bond donors (Lipinski definition) is 2. The van der Waals surface area contributed by atoms with Gasteiger partial charge in [0, 0.05) is 25.9 Å². The average molecular weight is 274 g/mol. The molecule has 1 atom stereocenters. The van der Waals surface area contributed by atoms with Gasteiger partial charge in [-0.15, -0.1) is 0 Å². The Morgan fingerprint density at radius 2 is 2.40 bits per heavy atom. The van der Waals surface area contributed by atoms with E-state index >= 15 is 0 Å². The first-order valence-corrected chi connectivity index (χ1v) is 6.76. The zero-order chi connectivity index (χ0) is 14.1. The molecule has 6 nitrogen and oxygen atoms in total. The number of anilines is 2. The van der Waals surface area contributed by atoms with E-state index in [9.17, 15) is 4.79 Å². The minimum absolute atomic E-state index is 0.170. The summed E-state index contributed by atoms with van der Waals surface area (Å²) in [5.41, 5.74) is 6.73. The van der Waals surface area contributed by atoms with Crippen molar-refractivity contribution in [2.75, 3.05) is 30.8 Å². The quantitative estimate of drug-likeness (QED) is 0.819. The molecule has 106 valence electrons. The van der Waals surface area contributed by atoms with Crippen LogP contribution in [0.25, 0.3) is 10.9 Å². The standard InChI is InChI=1S/C14H18N4O2/c1-18(8-10-3-2-6-20-10)14-16-12-5-4-9(15)7-11(12)13(19)17-14/h4-5,7,10H,2-3,6,8,15H2,1H3,(H,16,17,19). The Kier molecular flexibility index (Phi) is 3.31. The zero-order valence-corrected chi connectivity index (χ0v) is 11.4. The lowest BCUT2D eigenvalue weighted by Crippen LogP contribution is -2.31. The zero-order valence-electron chi connectivity index (χ0n) is 11.4. The SMILES string of the molecule is CN(CC1CCCO1)c1nc2ccc(N)cc2c(=O)[nH]1. The summed E-state index contributed by atoms with van der Waals surface area (Å²) in [6.45, 7) is 1.54. The van der Waals surface area contributed by atoms with Crippen LogP contribution in [0.4, 0.5) is 11.6 Å². The van der Waals surface area contributed by atoms with Gasteiger partial charge in [0.25, 0.3) is 5.56 Å². The lowest BCUT2D eigenvalue weighted by Gasteiger charge is -2.21. The van der Waals surface area contributed by atoms with E-state index in [0.717, 1.165) is 26.0 Å². The molecular weight excluding hydrogens is 256 g/mol. The Labute approximate surface area is 116 Å². The largest absolute Gasteiger partial charge is 0.399 e. The first-order chi connectivity index (χ1) is 9.63. The second kappa shape index (κ2) is 5.13. The lowest BCUT2D eigenvalue weighted by atomic mass is 10.2. The minimum atomic E-state index is -0.170. The minimum Gasteiger partial charge on any atom is -0.399 e. The van der Waals surface area contributed by atoms with Gasteiger partial charge in [0.15, 0.2) is 0 Å². The Bertz CT molecular complexity index is 676. The van der Waals surface area contributed by atoms with Crippen molar-refractivity contribution in [3.63, 3.8) is 0 Å². The van der Waals surface area contributed by atoms with Gasteiger partial charge >= 0.3 is 0 Å². The first kappa shape index (κ1) is 12.9. The fourth-order valence-electron chi connectivity index (χ4n) is 2.50. The van der Waals surface area contributed by atoms with Crippen molar-refractivity contribution in [1.29, 1.82) is 0 Å². The van der Waals surface area contributed by atoms with Crippen LogP contribution in [0.2, 0.25) is 0 Å². The Balaban J connectivity index is 1.91. The number of rotatable bonds is 3. The molecule has 1 saturated heterocycles. The van der Waals surface area contributed by atoms with E-state index in [-0.39, 0.29) is 11.7 Å². The number of fused-ring (bicyclic) bond motifs is 1. The maximum Gasteiger partial charge on any atom is 0.260 e. The maximum atomic E-state index is 12.1. The molecule has 2 aromatic rings. The highest BCUT2D eigenvalue weighted by molar-refractivity contribution is 5.81. The molecule has 0 radical (unpaired) electrons. The summed E-state index contributed by atoms with van der Waals surface area (Å²) in [6.07, 6.45) is 2.37. The van der Waals surface area contributed by atoms with E-state index < -0.39 is 0 Å². The molecule has 1 aliphatic rings. The lowest BCUT2D eigenvalue weighted by molar-refractivity contribution is 0.116. The van der Waals surface area contributed by atoms with Crippen LogP contribution in [0.1, 0.15) is 12.8 Å². The van der Waals surface area contributed by atoms with Gasteiger partial charge in [-0.25, -0.2) is 4.98 Å². The normalized spacial score (nSPS) is 18.6. The number of nitrogens with zero attached hydrogens (tertiary/aromatic N) is 2. The van der Waals surface area contributed by atoms with Crippen LogP contribution in [-0.2, 0) is 4.74 Å². The van der Waals surface area contributed by atoms with Crippen molar-refractivity contribution in [2.24, 2.45) is 0 Å². The number of ether oxygens (including phenoxy) is 1. The Morgan fingerprint density at radius 3 is 3.15 bits per heavy atom. The number of nitrogens with one attached hydrogen (secondary N) is 1. The molecular formula is C14H18N4O2. The third-order valence-corrected chi connectivity index (χ3v) is 3.58. The molecule has 3 N–H and O–H groups in total. The fourth-order valence-corrected chi connectivity index (χ4v) is 2.50. The van der Waals surface area contributed by atoms with E-state index in [1.165, 1.54) is 0 Å². The number of H-pyrrole nitrogens is 1. The molecule has 1 aromatic heterocycles. The van der Waals surface area contributed by atoms with E-state index in [4.69, 9.17) is 10.5 Å². The molecule has 20 heavy (non-hydrogen) atoms. The average Bonchev–Trinajstić information content (AvgIpc) is 2.92. The number of hydrogen-bond acceptors (Lipinski definition) is 5. The van der Waals surface area contributed by atoms with Crippen LogP contribution >= 0.6 is 0 Å². The van der Waals surface area contributed by atoms with Gasteiger partial charge in [-0.2, -0.15) is 0 Å². The van der Waals surface area contributed by atoms with E-state index in [0.29, 0.717) is 22.5 Å². The van der Waals surface area contributed by atoms with Crippen LogP contribution < -0.4 is 16.2 Å². The van der Waals surface area contributed by atoms with Crippen LogP contribution in [0.15, 0.2) is 23.0 Å². The summed E-state index contributed by atoms with van der Waals surface area (Å²) in [5.74, 6) is 0.558. The Hall–Kier alpha value is -2.08. The Morgan fingerprint density at radius 1 is 1.55 bits per heavy atom. The van der Waals surface area contributed by atoms with Crippen LogP contribution in [-0.4, -0.2) is 36.3 Å². The third kappa shape index (κ3) is 2.46. The van der Waals surface area contributed by atoms with Gasteiger partial charge in [-0.1, -0.05) is 0 Å². The summed E-state index contributed by atoms with van der Waals surface area (Å²) in [6, 6.07) is 5.16. The molecule has 1 aromatic carbocycles. The van der Waals surface area contributed by atoms with Gasteiger partial charge in [-0.05, 0) is 31.0 Å². The number of nitrogens with two attached hydrogens (primary N) is 1. The van der Waals surface area contributed by atoms with Crippen LogP contribution in [0, 0.1) is 0 Å². The third-order valence-electron chi connectivity index (χ3n) is 3.58. The predicted molar refractivity (Wildman–Crippen MR) is 79.0 cm³/mol. The van der Waals surface area contributed by atoms with Crippen molar-refractivity contribution in [3.05, 3.63) is 28.6 Å². The topological polar surface area (TPSA) is 84.2 Å². The monoisotopic (exact) mass is 274 g/mol. The molecule has 2 heterocycles. The van der Waals surface area contributed by atoms with E-state index in [1.807, 2.05) is 11.9 Å². The summed E-state index contributed by atoms with van der Waals surface area (Å²) in [4.78, 5) is 21.3. The molecule has 0 aliphatic carbocycles. The number of aromatic amines is 1. The predicted octanol–water partition coefficient (Wildman–Crippen LogP) is 1.12. The van der Waals surface area contributed by atoms with Crippen LogP contribution in [0.5, 0.6) is 0 Å². The molecule has 0 amide bonds.